The summed E-state index contributed by atoms with van der Waals surface area (Å²) in [5.41, 5.74) is 0.655. The molecule has 1 atom stereocenters. The number of hydrogen-bond donors (Lipinski definition) is 0. The van der Waals surface area contributed by atoms with Gasteiger partial charge in [0, 0.05) is 22.2 Å². The lowest BCUT2D eigenvalue weighted by Crippen LogP contribution is -2.39. The van der Waals surface area contributed by atoms with Crippen molar-refractivity contribution in [1.29, 1.82) is 0 Å². The second-order valence-electron chi connectivity index (χ2n) is 6.53. The van der Waals surface area contributed by atoms with E-state index in [0.717, 1.165) is 5.76 Å². The van der Waals surface area contributed by atoms with Crippen LogP contribution in [-0.2, 0) is 21.2 Å². The first-order valence-electron chi connectivity index (χ1n) is 8.43. The van der Waals surface area contributed by atoms with Gasteiger partial charge in [0.25, 0.3) is 0 Å². The number of carbonyl (C=O) groups excluding carboxylic acids is 1. The predicted molar refractivity (Wildman–Crippen MR) is 107 cm³/mol. The third-order valence-electron chi connectivity index (χ3n) is 4.42. The molecule has 0 spiro atoms. The minimum Gasteiger partial charge on any atom is -0.464 e. The van der Waals surface area contributed by atoms with E-state index in [2.05, 4.69) is 0 Å². The smallest absolute Gasteiger partial charge is 0.247 e. The molecular formula is C19H19Cl2NO4S. The van der Waals surface area contributed by atoms with Crippen LogP contribution >= 0.6 is 23.2 Å². The van der Waals surface area contributed by atoms with Crippen LogP contribution in [0.4, 0.5) is 0 Å². The highest BCUT2D eigenvalue weighted by molar-refractivity contribution is 7.91. The lowest BCUT2D eigenvalue weighted by molar-refractivity contribution is -0.128. The molecule has 2 aromatic rings. The Kier molecular flexibility index (Phi) is 5.99. The van der Waals surface area contributed by atoms with E-state index in [-0.39, 0.29) is 30.0 Å². The van der Waals surface area contributed by atoms with E-state index in [0.29, 0.717) is 27.8 Å². The van der Waals surface area contributed by atoms with Gasteiger partial charge in [0.05, 0.1) is 18.1 Å². The van der Waals surface area contributed by atoms with Gasteiger partial charge in [0.1, 0.15) is 11.5 Å². The van der Waals surface area contributed by atoms with Gasteiger partial charge in [0.15, 0.2) is 9.84 Å². The first kappa shape index (κ1) is 20.0. The molecule has 1 saturated heterocycles. The molecule has 0 radical (unpaired) electrons. The fourth-order valence-electron chi connectivity index (χ4n) is 3.04. The topological polar surface area (TPSA) is 67.6 Å². The van der Waals surface area contributed by atoms with Crippen molar-refractivity contribution >= 4 is 45.0 Å². The van der Waals surface area contributed by atoms with Gasteiger partial charge in [-0.25, -0.2) is 8.42 Å². The summed E-state index contributed by atoms with van der Waals surface area (Å²) < 4.78 is 29.3. The Hall–Kier alpha value is -1.76. The van der Waals surface area contributed by atoms with Crippen molar-refractivity contribution in [3.8, 4) is 0 Å². The number of nitrogens with zero attached hydrogens (tertiary/aromatic N) is 1. The minimum absolute atomic E-state index is 0.0338. The second kappa shape index (κ2) is 8.09. The van der Waals surface area contributed by atoms with Crippen LogP contribution < -0.4 is 0 Å². The van der Waals surface area contributed by atoms with E-state index in [9.17, 15) is 13.2 Å². The van der Waals surface area contributed by atoms with Crippen molar-refractivity contribution in [1.82, 2.24) is 4.90 Å². The van der Waals surface area contributed by atoms with E-state index >= 15 is 0 Å². The predicted octanol–water partition coefficient (Wildman–Crippen LogP) is 4.12. The van der Waals surface area contributed by atoms with Crippen molar-refractivity contribution in [2.75, 3.05) is 11.5 Å². The molecule has 0 N–H and O–H groups in total. The molecule has 5 nitrogen and oxygen atoms in total. The van der Waals surface area contributed by atoms with Crippen LogP contribution in [0.1, 0.15) is 23.5 Å². The molecule has 1 aliphatic rings. The van der Waals surface area contributed by atoms with Gasteiger partial charge in [-0.3, -0.25) is 4.79 Å². The van der Waals surface area contributed by atoms with Gasteiger partial charge < -0.3 is 9.32 Å². The zero-order valence-corrected chi connectivity index (χ0v) is 17.0. The average molecular weight is 428 g/mol. The fraction of sp³-hybridized carbons (Fsp3) is 0.316. The molecule has 1 fully saturated rings. The lowest BCUT2D eigenvalue weighted by atomic mass is 10.1. The highest BCUT2D eigenvalue weighted by atomic mass is 35.5. The summed E-state index contributed by atoms with van der Waals surface area (Å²) >= 11 is 12.0. The van der Waals surface area contributed by atoms with Crippen LogP contribution in [0.25, 0.3) is 6.08 Å². The molecule has 0 saturated carbocycles. The van der Waals surface area contributed by atoms with Crippen molar-refractivity contribution in [2.45, 2.75) is 25.9 Å². The SMILES string of the molecule is Cc1ccc(CN(C(=O)/C=C/c2ccc(Cl)cc2Cl)C2CCS(=O)(=O)C2)o1. The Labute approximate surface area is 168 Å². The fourth-order valence-corrected chi connectivity index (χ4v) is 5.24. The molecule has 27 heavy (non-hydrogen) atoms. The van der Waals surface area contributed by atoms with Crippen LogP contribution in [0.5, 0.6) is 0 Å². The van der Waals surface area contributed by atoms with E-state index in [1.54, 1.807) is 35.2 Å². The number of benzene rings is 1. The van der Waals surface area contributed by atoms with Gasteiger partial charge in [-0.05, 0) is 49.2 Å². The standard InChI is InChI=1S/C19H19Cl2NO4S/c1-13-2-6-17(26-13)11-22(16-8-9-27(24,25)12-16)19(23)7-4-14-3-5-15(20)10-18(14)21/h2-7,10,16H,8-9,11-12H2,1H3/b7-4+. The third kappa shape index (κ3) is 5.15. The molecule has 8 heteroatoms. The molecule has 0 aliphatic carbocycles. The Morgan fingerprint density at radius 3 is 2.67 bits per heavy atom. The molecule has 1 aromatic heterocycles. The summed E-state index contributed by atoms with van der Waals surface area (Å²) in [6, 6.07) is 8.23. The van der Waals surface area contributed by atoms with Crippen molar-refractivity contribution < 1.29 is 17.6 Å². The number of sulfone groups is 1. The summed E-state index contributed by atoms with van der Waals surface area (Å²) in [6.45, 7) is 2.03. The summed E-state index contributed by atoms with van der Waals surface area (Å²) in [5, 5.41) is 0.942. The van der Waals surface area contributed by atoms with Gasteiger partial charge in [-0.2, -0.15) is 0 Å². The largest absolute Gasteiger partial charge is 0.464 e. The summed E-state index contributed by atoms with van der Waals surface area (Å²) in [6.07, 6.45) is 3.42. The number of rotatable bonds is 5. The quantitative estimate of drug-likeness (QED) is 0.672. The molecule has 0 bridgehead atoms. The highest BCUT2D eigenvalue weighted by Gasteiger charge is 2.34. The second-order valence-corrected chi connectivity index (χ2v) is 9.61. The van der Waals surface area contributed by atoms with E-state index in [4.69, 9.17) is 27.6 Å². The Morgan fingerprint density at radius 2 is 2.07 bits per heavy atom. The monoisotopic (exact) mass is 427 g/mol. The molecule has 1 unspecified atom stereocenters. The van der Waals surface area contributed by atoms with E-state index in [1.165, 1.54) is 6.08 Å². The number of aryl methyl sites for hydroxylation is 1. The van der Waals surface area contributed by atoms with E-state index < -0.39 is 9.84 Å². The van der Waals surface area contributed by atoms with E-state index in [1.807, 2.05) is 13.0 Å². The van der Waals surface area contributed by atoms with Crippen LogP contribution in [0.2, 0.25) is 10.0 Å². The molecular weight excluding hydrogens is 409 g/mol. The van der Waals surface area contributed by atoms with Crippen LogP contribution in [0.15, 0.2) is 40.8 Å². The zero-order chi connectivity index (χ0) is 19.6. The van der Waals surface area contributed by atoms with Gasteiger partial charge >= 0.3 is 0 Å². The number of carbonyl (C=O) groups is 1. The van der Waals surface area contributed by atoms with Gasteiger partial charge in [0.2, 0.25) is 5.91 Å². The average Bonchev–Trinajstić information content (AvgIpc) is 3.16. The van der Waals surface area contributed by atoms with Crippen LogP contribution in [0, 0.1) is 6.92 Å². The first-order valence-corrected chi connectivity index (χ1v) is 11.0. The minimum atomic E-state index is -3.12. The van der Waals surface area contributed by atoms with Crippen molar-refractivity contribution in [3.05, 3.63) is 63.5 Å². The summed E-state index contributed by atoms with van der Waals surface area (Å²) in [7, 11) is -3.12. The van der Waals surface area contributed by atoms with Crippen LogP contribution in [-0.4, -0.2) is 36.8 Å². The number of amides is 1. The number of halogens is 2. The maximum atomic E-state index is 12.8. The molecule has 1 amide bonds. The number of furan rings is 1. The first-order chi connectivity index (χ1) is 12.7. The highest BCUT2D eigenvalue weighted by Crippen LogP contribution is 2.24. The Bertz CT molecular complexity index is 981. The van der Waals surface area contributed by atoms with Crippen molar-refractivity contribution in [3.63, 3.8) is 0 Å². The number of hydrogen-bond acceptors (Lipinski definition) is 4. The molecule has 1 aromatic carbocycles. The normalized spacial score (nSPS) is 18.9. The summed E-state index contributed by atoms with van der Waals surface area (Å²) in [4.78, 5) is 14.4. The maximum Gasteiger partial charge on any atom is 0.247 e. The zero-order valence-electron chi connectivity index (χ0n) is 14.7. The third-order valence-corrected chi connectivity index (χ3v) is 6.74. The maximum absolute atomic E-state index is 12.8. The van der Waals surface area contributed by atoms with Crippen LogP contribution in [0.3, 0.4) is 0 Å². The Morgan fingerprint density at radius 1 is 1.30 bits per heavy atom. The van der Waals surface area contributed by atoms with Crippen molar-refractivity contribution in [2.24, 2.45) is 0 Å². The molecule has 1 aliphatic heterocycles. The molecule has 144 valence electrons. The lowest BCUT2D eigenvalue weighted by Gasteiger charge is -2.26. The van der Waals surface area contributed by atoms with Gasteiger partial charge in [-0.15, -0.1) is 0 Å². The van der Waals surface area contributed by atoms with Gasteiger partial charge in [-0.1, -0.05) is 29.3 Å². The molecule has 3 rings (SSSR count). The Balaban J connectivity index is 1.82. The summed E-state index contributed by atoms with van der Waals surface area (Å²) in [5.74, 6) is 1.11. The molecule has 2 heterocycles.